The lowest BCUT2D eigenvalue weighted by atomic mass is 10.1. The lowest BCUT2D eigenvalue weighted by Crippen LogP contribution is -2.29. The fourth-order valence-electron chi connectivity index (χ4n) is 1.99. The van der Waals surface area contributed by atoms with Gasteiger partial charge in [-0.25, -0.2) is 4.79 Å². The molecule has 0 heterocycles. The SMILES string of the molecule is NC(=O)c1ccc(C#CCNC(=O)Nc2ccccc2C(F)(F)F)cc1. The molecule has 0 saturated heterocycles. The van der Waals surface area contributed by atoms with Crippen LogP contribution >= 0.6 is 0 Å². The molecular weight excluding hydrogens is 347 g/mol. The molecule has 2 aromatic rings. The number of urea groups is 1. The average molecular weight is 361 g/mol. The highest BCUT2D eigenvalue weighted by molar-refractivity contribution is 5.92. The van der Waals surface area contributed by atoms with Gasteiger partial charge in [-0.1, -0.05) is 24.0 Å². The summed E-state index contributed by atoms with van der Waals surface area (Å²) in [5.41, 5.74) is 4.79. The summed E-state index contributed by atoms with van der Waals surface area (Å²) in [6.07, 6.45) is -4.57. The first kappa shape index (κ1) is 18.9. The first-order chi connectivity index (χ1) is 12.3. The largest absolute Gasteiger partial charge is 0.418 e. The first-order valence-electron chi connectivity index (χ1n) is 7.37. The van der Waals surface area contributed by atoms with Gasteiger partial charge in [0.15, 0.2) is 0 Å². The summed E-state index contributed by atoms with van der Waals surface area (Å²) >= 11 is 0. The van der Waals surface area contributed by atoms with Crippen LogP contribution in [0.2, 0.25) is 0 Å². The molecule has 0 radical (unpaired) electrons. The Bertz CT molecular complexity index is 866. The second kappa shape index (κ2) is 8.07. The summed E-state index contributed by atoms with van der Waals surface area (Å²) in [6.45, 7) is -0.0718. The van der Waals surface area contributed by atoms with E-state index < -0.39 is 23.7 Å². The summed E-state index contributed by atoms with van der Waals surface area (Å²) < 4.78 is 38.5. The van der Waals surface area contributed by atoms with Crippen molar-refractivity contribution in [2.45, 2.75) is 6.18 Å². The van der Waals surface area contributed by atoms with Crippen molar-refractivity contribution in [1.29, 1.82) is 0 Å². The average Bonchev–Trinajstić information content (AvgIpc) is 2.58. The number of carbonyl (C=O) groups is 2. The number of carbonyl (C=O) groups excluding carboxylic acids is 2. The molecule has 0 spiro atoms. The minimum Gasteiger partial charge on any atom is -0.366 e. The van der Waals surface area contributed by atoms with Gasteiger partial charge in [0.2, 0.25) is 5.91 Å². The van der Waals surface area contributed by atoms with Crippen molar-refractivity contribution in [2.24, 2.45) is 5.73 Å². The van der Waals surface area contributed by atoms with E-state index in [0.29, 0.717) is 11.1 Å². The number of anilines is 1. The normalized spacial score (nSPS) is 10.4. The molecule has 0 aliphatic rings. The molecule has 0 unspecified atom stereocenters. The number of hydrogen-bond donors (Lipinski definition) is 3. The van der Waals surface area contributed by atoms with Gasteiger partial charge in [-0.15, -0.1) is 0 Å². The van der Waals surface area contributed by atoms with Gasteiger partial charge in [-0.3, -0.25) is 4.79 Å². The Kier molecular flexibility index (Phi) is 5.86. The number of primary amides is 1. The van der Waals surface area contributed by atoms with Crippen LogP contribution in [0.15, 0.2) is 48.5 Å². The lowest BCUT2D eigenvalue weighted by molar-refractivity contribution is -0.136. The van der Waals surface area contributed by atoms with Crippen LogP contribution in [0.25, 0.3) is 0 Å². The van der Waals surface area contributed by atoms with E-state index in [1.165, 1.54) is 24.3 Å². The number of para-hydroxylation sites is 1. The van der Waals surface area contributed by atoms with Gasteiger partial charge >= 0.3 is 12.2 Å². The van der Waals surface area contributed by atoms with E-state index in [-0.39, 0.29) is 12.2 Å². The van der Waals surface area contributed by atoms with E-state index in [1.54, 1.807) is 12.1 Å². The van der Waals surface area contributed by atoms with Crippen LogP contribution in [0.5, 0.6) is 0 Å². The molecule has 2 aromatic carbocycles. The van der Waals surface area contributed by atoms with Gasteiger partial charge in [0, 0.05) is 11.1 Å². The van der Waals surface area contributed by atoms with Crippen molar-refractivity contribution in [2.75, 3.05) is 11.9 Å². The van der Waals surface area contributed by atoms with Gasteiger partial charge in [0.05, 0.1) is 17.8 Å². The Labute approximate surface area is 147 Å². The zero-order valence-electron chi connectivity index (χ0n) is 13.4. The van der Waals surface area contributed by atoms with E-state index in [1.807, 2.05) is 0 Å². The number of halogens is 3. The van der Waals surface area contributed by atoms with E-state index in [0.717, 1.165) is 12.1 Å². The molecule has 3 amide bonds. The second-order valence-electron chi connectivity index (χ2n) is 5.09. The molecular formula is C18H14F3N3O2. The topological polar surface area (TPSA) is 84.2 Å². The summed E-state index contributed by atoms with van der Waals surface area (Å²) in [6, 6.07) is 10.1. The second-order valence-corrected chi connectivity index (χ2v) is 5.09. The highest BCUT2D eigenvalue weighted by Crippen LogP contribution is 2.34. The summed E-state index contributed by atoms with van der Waals surface area (Å²) in [5, 5.41) is 4.49. The van der Waals surface area contributed by atoms with Crippen LogP contribution in [0, 0.1) is 11.8 Å². The Morgan fingerprint density at radius 3 is 2.31 bits per heavy atom. The number of rotatable bonds is 3. The van der Waals surface area contributed by atoms with E-state index in [2.05, 4.69) is 22.5 Å². The molecule has 0 aromatic heterocycles. The third-order valence-corrected chi connectivity index (χ3v) is 3.22. The quantitative estimate of drug-likeness (QED) is 0.735. The molecule has 0 bridgehead atoms. The van der Waals surface area contributed by atoms with Crippen molar-refractivity contribution < 1.29 is 22.8 Å². The van der Waals surface area contributed by atoms with Crippen LogP contribution in [0.3, 0.4) is 0 Å². The highest BCUT2D eigenvalue weighted by Gasteiger charge is 2.33. The van der Waals surface area contributed by atoms with E-state index in [4.69, 9.17) is 5.73 Å². The third kappa shape index (κ3) is 5.27. The number of amides is 3. The number of alkyl halides is 3. The summed E-state index contributed by atoms with van der Waals surface area (Å²) in [7, 11) is 0. The lowest BCUT2D eigenvalue weighted by Gasteiger charge is -2.13. The molecule has 8 heteroatoms. The van der Waals surface area contributed by atoms with Crippen molar-refractivity contribution >= 4 is 17.6 Å². The van der Waals surface area contributed by atoms with Crippen molar-refractivity contribution in [3.05, 3.63) is 65.2 Å². The predicted molar refractivity (Wildman–Crippen MR) is 90.3 cm³/mol. The maximum absolute atomic E-state index is 12.8. The van der Waals surface area contributed by atoms with Crippen LogP contribution in [0.4, 0.5) is 23.7 Å². The molecule has 4 N–H and O–H groups in total. The number of nitrogens with two attached hydrogens (primary N) is 1. The van der Waals surface area contributed by atoms with Crippen molar-refractivity contribution in [3.63, 3.8) is 0 Å². The minimum absolute atomic E-state index is 0.0718. The Morgan fingerprint density at radius 1 is 1.04 bits per heavy atom. The number of hydrogen-bond acceptors (Lipinski definition) is 2. The maximum atomic E-state index is 12.8. The van der Waals surface area contributed by atoms with Gasteiger partial charge in [0.25, 0.3) is 0 Å². The standard InChI is InChI=1S/C18H14F3N3O2/c19-18(20,21)14-5-1-2-6-15(14)24-17(26)23-11-3-4-12-7-9-13(10-8-12)16(22)25/h1-2,5-10H,11H2,(H2,22,25)(H2,23,24,26). The monoisotopic (exact) mass is 361 g/mol. The maximum Gasteiger partial charge on any atom is 0.418 e. The molecule has 0 atom stereocenters. The molecule has 5 nitrogen and oxygen atoms in total. The third-order valence-electron chi connectivity index (χ3n) is 3.22. The molecule has 0 saturated carbocycles. The summed E-state index contributed by atoms with van der Waals surface area (Å²) in [4.78, 5) is 22.7. The van der Waals surface area contributed by atoms with Gasteiger partial charge in [0.1, 0.15) is 0 Å². The van der Waals surface area contributed by atoms with Crippen LogP contribution < -0.4 is 16.4 Å². The fraction of sp³-hybridized carbons (Fsp3) is 0.111. The molecule has 26 heavy (non-hydrogen) atoms. The molecule has 134 valence electrons. The minimum atomic E-state index is -4.57. The van der Waals surface area contributed by atoms with E-state index >= 15 is 0 Å². The van der Waals surface area contributed by atoms with Crippen molar-refractivity contribution in [3.8, 4) is 11.8 Å². The zero-order valence-corrected chi connectivity index (χ0v) is 13.4. The van der Waals surface area contributed by atoms with Gasteiger partial charge < -0.3 is 16.4 Å². The highest BCUT2D eigenvalue weighted by atomic mass is 19.4. The van der Waals surface area contributed by atoms with Crippen LogP contribution in [-0.4, -0.2) is 18.5 Å². The molecule has 2 rings (SSSR count). The molecule has 0 fully saturated rings. The Hall–Kier alpha value is -3.47. The van der Waals surface area contributed by atoms with Gasteiger partial charge in [-0.2, -0.15) is 13.2 Å². The zero-order chi connectivity index (χ0) is 19.2. The predicted octanol–water partition coefficient (Wildman–Crippen LogP) is 2.98. The number of nitrogens with one attached hydrogen (secondary N) is 2. The molecule has 0 aliphatic heterocycles. The Morgan fingerprint density at radius 2 is 1.69 bits per heavy atom. The number of benzene rings is 2. The van der Waals surface area contributed by atoms with Gasteiger partial charge in [-0.05, 0) is 36.4 Å². The van der Waals surface area contributed by atoms with Crippen LogP contribution in [0.1, 0.15) is 21.5 Å². The van der Waals surface area contributed by atoms with Crippen LogP contribution in [-0.2, 0) is 6.18 Å². The summed E-state index contributed by atoms with van der Waals surface area (Å²) in [5.74, 6) is 4.84. The van der Waals surface area contributed by atoms with Crippen molar-refractivity contribution in [1.82, 2.24) is 5.32 Å². The fourth-order valence-corrected chi connectivity index (χ4v) is 1.99. The van der Waals surface area contributed by atoms with E-state index in [9.17, 15) is 22.8 Å². The smallest absolute Gasteiger partial charge is 0.366 e. The Balaban J connectivity index is 1.92. The first-order valence-corrected chi connectivity index (χ1v) is 7.37. The molecule has 0 aliphatic carbocycles.